The Bertz CT molecular complexity index is 1060. The van der Waals surface area contributed by atoms with Crippen molar-refractivity contribution in [3.05, 3.63) is 59.9 Å². The van der Waals surface area contributed by atoms with Crippen molar-refractivity contribution in [1.29, 1.82) is 0 Å². The average Bonchev–Trinajstić information content (AvgIpc) is 2.67. The SMILES string of the molecule is COc1ccc(-c2cc(-c3ccc(CS(=O)[O-])cc3C(F)(F)F)cnc2N)cn1. The highest BCUT2D eigenvalue weighted by atomic mass is 32.2. The van der Waals surface area contributed by atoms with Gasteiger partial charge in [0.25, 0.3) is 0 Å². The van der Waals surface area contributed by atoms with Crippen LogP contribution in [0.2, 0.25) is 0 Å². The summed E-state index contributed by atoms with van der Waals surface area (Å²) in [5, 5.41) is 0. The molecule has 2 aromatic heterocycles. The number of aromatic nitrogens is 2. The molecule has 0 saturated heterocycles. The van der Waals surface area contributed by atoms with Crippen LogP contribution in [0.5, 0.6) is 5.88 Å². The van der Waals surface area contributed by atoms with Crippen LogP contribution in [0.1, 0.15) is 11.1 Å². The number of alkyl halides is 3. The smallest absolute Gasteiger partial charge is 0.417 e. The van der Waals surface area contributed by atoms with Gasteiger partial charge in [-0.15, -0.1) is 0 Å². The van der Waals surface area contributed by atoms with E-state index in [4.69, 9.17) is 10.5 Å². The van der Waals surface area contributed by atoms with E-state index in [1.807, 2.05) is 0 Å². The normalized spacial score (nSPS) is 12.6. The van der Waals surface area contributed by atoms with Crippen molar-refractivity contribution in [3.8, 4) is 28.1 Å². The first-order valence-electron chi connectivity index (χ1n) is 8.21. The molecule has 0 aliphatic carbocycles. The number of hydrogen-bond acceptors (Lipinski definition) is 6. The van der Waals surface area contributed by atoms with E-state index in [2.05, 4.69) is 9.97 Å². The van der Waals surface area contributed by atoms with Gasteiger partial charge < -0.3 is 15.0 Å². The minimum absolute atomic E-state index is 0.0393. The largest absolute Gasteiger partial charge is 0.772 e. The molecule has 0 amide bonds. The number of hydrogen-bond donors (Lipinski definition) is 1. The summed E-state index contributed by atoms with van der Waals surface area (Å²) in [6.07, 6.45) is -1.96. The summed E-state index contributed by atoms with van der Waals surface area (Å²) >= 11 is -2.50. The molecule has 10 heteroatoms. The minimum atomic E-state index is -4.68. The van der Waals surface area contributed by atoms with Gasteiger partial charge in [0.05, 0.1) is 12.7 Å². The third kappa shape index (κ3) is 4.72. The Morgan fingerprint density at radius 1 is 1.07 bits per heavy atom. The van der Waals surface area contributed by atoms with Crippen LogP contribution in [0, 0.1) is 0 Å². The summed E-state index contributed by atoms with van der Waals surface area (Å²) in [4.78, 5) is 8.09. The Kier molecular flexibility index (Phi) is 5.85. The maximum Gasteiger partial charge on any atom is 0.417 e. The van der Waals surface area contributed by atoms with E-state index in [0.717, 1.165) is 6.07 Å². The summed E-state index contributed by atoms with van der Waals surface area (Å²) in [5.41, 5.74) is 6.03. The zero-order valence-corrected chi connectivity index (χ0v) is 15.9. The molecule has 3 rings (SSSR count). The molecule has 0 spiro atoms. The maximum absolute atomic E-state index is 13.6. The predicted octanol–water partition coefficient (Wildman–Crippen LogP) is 3.80. The summed E-state index contributed by atoms with van der Waals surface area (Å²) < 4.78 is 67.5. The van der Waals surface area contributed by atoms with Crippen LogP contribution < -0.4 is 10.5 Å². The zero-order valence-electron chi connectivity index (χ0n) is 15.1. The van der Waals surface area contributed by atoms with Gasteiger partial charge in [0, 0.05) is 40.9 Å². The second-order valence-electron chi connectivity index (χ2n) is 6.07. The Hall–Kier alpha value is -2.98. The number of benzene rings is 1. The van der Waals surface area contributed by atoms with Crippen LogP contribution in [-0.4, -0.2) is 25.8 Å². The lowest BCUT2D eigenvalue weighted by Crippen LogP contribution is -2.09. The van der Waals surface area contributed by atoms with E-state index in [9.17, 15) is 21.9 Å². The summed E-state index contributed by atoms with van der Waals surface area (Å²) in [6, 6.07) is 8.15. The average molecular weight is 422 g/mol. The maximum atomic E-state index is 13.6. The molecule has 0 saturated carbocycles. The first kappa shape index (κ1) is 20.7. The number of nitrogens with two attached hydrogens (primary N) is 1. The van der Waals surface area contributed by atoms with Crippen molar-refractivity contribution in [2.45, 2.75) is 11.9 Å². The van der Waals surface area contributed by atoms with Gasteiger partial charge in [-0.1, -0.05) is 23.2 Å². The van der Waals surface area contributed by atoms with E-state index in [1.54, 1.807) is 12.1 Å². The minimum Gasteiger partial charge on any atom is -0.772 e. The number of nitrogens with zero attached hydrogens (tertiary/aromatic N) is 2. The molecule has 1 aromatic carbocycles. The first-order chi connectivity index (χ1) is 13.7. The van der Waals surface area contributed by atoms with Crippen molar-refractivity contribution < 1.29 is 26.7 Å². The highest BCUT2D eigenvalue weighted by Gasteiger charge is 2.34. The van der Waals surface area contributed by atoms with Crippen LogP contribution >= 0.6 is 0 Å². The van der Waals surface area contributed by atoms with Crippen molar-refractivity contribution in [2.24, 2.45) is 0 Å². The Morgan fingerprint density at radius 3 is 2.38 bits per heavy atom. The van der Waals surface area contributed by atoms with E-state index in [-0.39, 0.29) is 22.5 Å². The highest BCUT2D eigenvalue weighted by Crippen LogP contribution is 2.39. The molecule has 0 bridgehead atoms. The van der Waals surface area contributed by atoms with Crippen molar-refractivity contribution in [1.82, 2.24) is 9.97 Å². The molecule has 1 unspecified atom stereocenters. The van der Waals surface area contributed by atoms with Crippen molar-refractivity contribution in [2.75, 3.05) is 12.8 Å². The Balaban J connectivity index is 2.11. The molecule has 0 fully saturated rings. The van der Waals surface area contributed by atoms with Crippen molar-refractivity contribution >= 4 is 16.9 Å². The molecular formula is C19H15F3N3O3S-. The molecule has 0 aliphatic heterocycles. The van der Waals surface area contributed by atoms with Crippen LogP contribution in [0.3, 0.4) is 0 Å². The molecule has 2 heterocycles. The lowest BCUT2D eigenvalue weighted by molar-refractivity contribution is -0.137. The highest BCUT2D eigenvalue weighted by molar-refractivity contribution is 7.78. The molecule has 3 aromatic rings. The molecule has 0 aliphatic rings. The van der Waals surface area contributed by atoms with Gasteiger partial charge >= 0.3 is 6.18 Å². The number of pyridine rings is 2. The monoisotopic (exact) mass is 422 g/mol. The molecule has 0 radical (unpaired) electrons. The summed E-state index contributed by atoms with van der Waals surface area (Å²) in [5.74, 6) is 0.00124. The van der Waals surface area contributed by atoms with Gasteiger partial charge in [-0.05, 0) is 29.3 Å². The number of anilines is 1. The number of rotatable bonds is 5. The standard InChI is InChI=1S/C19H16F3N3O3S/c1-28-17-5-3-12(8-24-17)15-7-13(9-25-18(15)23)14-4-2-11(10-29(26)27)6-16(14)19(20,21)22/h2-9H,10H2,1H3,(H2,23,25)(H,26,27)/p-1. The third-order valence-corrected chi connectivity index (χ3v) is 4.73. The molecule has 2 N–H and O–H groups in total. The Labute approximate surface area is 166 Å². The van der Waals surface area contributed by atoms with E-state index in [0.29, 0.717) is 17.0 Å². The Morgan fingerprint density at radius 2 is 1.79 bits per heavy atom. The van der Waals surface area contributed by atoms with E-state index >= 15 is 0 Å². The van der Waals surface area contributed by atoms with Gasteiger partial charge in [0.15, 0.2) is 0 Å². The van der Waals surface area contributed by atoms with Crippen LogP contribution in [0.4, 0.5) is 19.0 Å². The fraction of sp³-hybridized carbons (Fsp3) is 0.158. The van der Waals surface area contributed by atoms with Gasteiger partial charge in [0.1, 0.15) is 5.82 Å². The number of methoxy groups -OCH3 is 1. The lowest BCUT2D eigenvalue weighted by Gasteiger charge is -2.16. The van der Waals surface area contributed by atoms with Crippen LogP contribution in [-0.2, 0) is 23.0 Å². The summed E-state index contributed by atoms with van der Waals surface area (Å²) in [7, 11) is 1.46. The fourth-order valence-electron chi connectivity index (χ4n) is 2.82. The summed E-state index contributed by atoms with van der Waals surface area (Å²) in [6.45, 7) is 0. The topological polar surface area (TPSA) is 101 Å². The van der Waals surface area contributed by atoms with Gasteiger partial charge in [-0.2, -0.15) is 13.2 Å². The van der Waals surface area contributed by atoms with Crippen LogP contribution in [0.15, 0.2) is 48.8 Å². The van der Waals surface area contributed by atoms with Crippen molar-refractivity contribution in [3.63, 3.8) is 0 Å². The zero-order chi connectivity index (χ0) is 21.2. The van der Waals surface area contributed by atoms with Crippen LogP contribution in [0.25, 0.3) is 22.3 Å². The lowest BCUT2D eigenvalue weighted by atomic mass is 9.96. The van der Waals surface area contributed by atoms with E-state index < -0.39 is 28.6 Å². The van der Waals surface area contributed by atoms with E-state index in [1.165, 1.54) is 37.7 Å². The molecular weight excluding hydrogens is 407 g/mol. The fourth-order valence-corrected chi connectivity index (χ4v) is 3.27. The quantitative estimate of drug-likeness (QED) is 0.628. The number of nitrogen functional groups attached to an aromatic ring is 1. The molecule has 6 nitrogen and oxygen atoms in total. The molecule has 152 valence electrons. The predicted molar refractivity (Wildman–Crippen MR) is 101 cm³/mol. The number of ether oxygens (including phenoxy) is 1. The van der Waals surface area contributed by atoms with Gasteiger partial charge in [-0.3, -0.25) is 4.21 Å². The third-order valence-electron chi connectivity index (χ3n) is 4.16. The molecule has 29 heavy (non-hydrogen) atoms. The first-order valence-corrected chi connectivity index (χ1v) is 9.45. The van der Waals surface area contributed by atoms with Gasteiger partial charge in [-0.25, -0.2) is 9.97 Å². The second-order valence-corrected chi connectivity index (χ2v) is 6.97. The second kappa shape index (κ2) is 8.18. The number of halogens is 3. The molecule has 1 atom stereocenters. The van der Waals surface area contributed by atoms with Gasteiger partial charge in [0.2, 0.25) is 5.88 Å².